The summed E-state index contributed by atoms with van der Waals surface area (Å²) in [4.78, 5) is 27.5. The average molecular weight is 269 g/mol. The van der Waals surface area contributed by atoms with E-state index in [2.05, 4.69) is 15.5 Å². The van der Waals surface area contributed by atoms with Crippen molar-refractivity contribution in [2.45, 2.75) is 24.9 Å². The van der Waals surface area contributed by atoms with Gasteiger partial charge in [-0.05, 0) is 19.9 Å². The van der Waals surface area contributed by atoms with E-state index in [1.54, 1.807) is 0 Å². The minimum Gasteiger partial charge on any atom is -0.335 e. The number of imide groups is 1. The van der Waals surface area contributed by atoms with Crippen molar-refractivity contribution in [2.24, 2.45) is 5.73 Å². The molecule has 1 saturated carbocycles. The van der Waals surface area contributed by atoms with Gasteiger partial charge in [0.2, 0.25) is 5.91 Å². The van der Waals surface area contributed by atoms with E-state index in [-0.39, 0.29) is 30.6 Å². The summed E-state index contributed by atoms with van der Waals surface area (Å²) < 4.78 is 0. The molecule has 4 N–H and O–H groups in total. The van der Waals surface area contributed by atoms with Gasteiger partial charge in [-0.25, -0.2) is 4.79 Å². The van der Waals surface area contributed by atoms with Crippen molar-refractivity contribution in [3.8, 4) is 0 Å². The largest absolute Gasteiger partial charge is 0.335 e. The van der Waals surface area contributed by atoms with Gasteiger partial charge in [-0.2, -0.15) is 0 Å². The zero-order chi connectivity index (χ0) is 13.8. The van der Waals surface area contributed by atoms with Gasteiger partial charge < -0.3 is 16.0 Å². The fourth-order valence-corrected chi connectivity index (χ4v) is 2.28. The van der Waals surface area contributed by atoms with Crippen molar-refractivity contribution in [1.82, 2.24) is 20.4 Å². The highest BCUT2D eigenvalue weighted by Crippen LogP contribution is 2.18. The lowest BCUT2D eigenvalue weighted by molar-refractivity contribution is -0.122. The summed E-state index contributed by atoms with van der Waals surface area (Å²) in [6, 6.07) is 0.0511. The van der Waals surface area contributed by atoms with E-state index in [4.69, 9.17) is 5.73 Å². The predicted molar refractivity (Wildman–Crippen MR) is 71.6 cm³/mol. The van der Waals surface area contributed by atoms with E-state index in [1.807, 2.05) is 11.9 Å². The fraction of sp³-hybridized carbons (Fsp3) is 0.833. The molecule has 1 atom stereocenters. The van der Waals surface area contributed by atoms with Crippen LogP contribution in [0.15, 0.2) is 0 Å². The molecule has 0 radical (unpaired) electrons. The van der Waals surface area contributed by atoms with Crippen LogP contribution < -0.4 is 16.4 Å². The maximum atomic E-state index is 11.8. The Labute approximate surface area is 113 Å². The number of carbonyl (C=O) groups is 2. The third kappa shape index (κ3) is 4.45. The summed E-state index contributed by atoms with van der Waals surface area (Å²) in [6.07, 6.45) is 2.02. The fourth-order valence-electron chi connectivity index (χ4n) is 2.28. The number of likely N-dealkylation sites (N-methyl/N-ethyl adjacent to an activating group) is 1. The van der Waals surface area contributed by atoms with Crippen LogP contribution in [-0.4, -0.2) is 73.6 Å². The highest BCUT2D eigenvalue weighted by atomic mass is 16.2. The van der Waals surface area contributed by atoms with Crippen LogP contribution >= 0.6 is 0 Å². The van der Waals surface area contributed by atoms with Crippen molar-refractivity contribution in [2.75, 3.05) is 39.8 Å². The molecule has 0 aromatic rings. The second-order valence-corrected chi connectivity index (χ2v) is 5.42. The van der Waals surface area contributed by atoms with Crippen LogP contribution in [0.4, 0.5) is 4.79 Å². The first-order valence-electron chi connectivity index (χ1n) is 6.81. The molecule has 1 unspecified atom stereocenters. The molecule has 0 spiro atoms. The summed E-state index contributed by atoms with van der Waals surface area (Å²) >= 11 is 0. The molecule has 1 aliphatic heterocycles. The zero-order valence-electron chi connectivity index (χ0n) is 11.4. The van der Waals surface area contributed by atoms with Crippen LogP contribution in [0.25, 0.3) is 0 Å². The van der Waals surface area contributed by atoms with Crippen LogP contribution in [0.5, 0.6) is 0 Å². The standard InChI is InChI=1S/C12H23N5O2/c1-16-4-5-17(10(6-13)7-16)8-11(18)15-12(19)14-9-2-3-9/h9-10H,2-8,13H2,1H3,(H2,14,15,18,19). The topological polar surface area (TPSA) is 90.7 Å². The van der Waals surface area contributed by atoms with E-state index in [0.29, 0.717) is 6.54 Å². The number of nitrogens with zero attached hydrogens (tertiary/aromatic N) is 2. The molecule has 0 bridgehead atoms. The Balaban J connectivity index is 1.75. The first-order chi connectivity index (χ1) is 9.08. The number of nitrogens with one attached hydrogen (secondary N) is 2. The smallest absolute Gasteiger partial charge is 0.321 e. The Bertz CT molecular complexity index is 345. The van der Waals surface area contributed by atoms with Gasteiger partial charge >= 0.3 is 6.03 Å². The van der Waals surface area contributed by atoms with Gasteiger partial charge in [-0.15, -0.1) is 0 Å². The molecule has 7 nitrogen and oxygen atoms in total. The Kier molecular flexibility index (Phi) is 4.73. The van der Waals surface area contributed by atoms with E-state index < -0.39 is 0 Å². The van der Waals surface area contributed by atoms with Crippen LogP contribution in [0.3, 0.4) is 0 Å². The molecule has 0 aromatic carbocycles. The molecule has 2 aliphatic rings. The van der Waals surface area contributed by atoms with Crippen LogP contribution in [-0.2, 0) is 4.79 Å². The first kappa shape index (κ1) is 14.2. The van der Waals surface area contributed by atoms with Crippen LogP contribution in [0.1, 0.15) is 12.8 Å². The maximum absolute atomic E-state index is 11.8. The molecule has 3 amide bonds. The Morgan fingerprint density at radius 1 is 1.32 bits per heavy atom. The summed E-state index contributed by atoms with van der Waals surface area (Å²) in [5.41, 5.74) is 5.73. The lowest BCUT2D eigenvalue weighted by atomic mass is 10.1. The van der Waals surface area contributed by atoms with Crippen molar-refractivity contribution in [3.63, 3.8) is 0 Å². The number of hydrogen-bond donors (Lipinski definition) is 3. The Hall–Kier alpha value is -1.18. The SMILES string of the molecule is CN1CCN(CC(=O)NC(=O)NC2CC2)C(CN)C1. The lowest BCUT2D eigenvalue weighted by Gasteiger charge is -2.38. The van der Waals surface area contributed by atoms with Crippen molar-refractivity contribution in [1.29, 1.82) is 0 Å². The van der Waals surface area contributed by atoms with E-state index in [1.165, 1.54) is 0 Å². The highest BCUT2D eigenvalue weighted by Gasteiger charge is 2.27. The normalized spacial score (nSPS) is 25.1. The zero-order valence-corrected chi connectivity index (χ0v) is 11.4. The molecule has 1 heterocycles. The third-order valence-electron chi connectivity index (χ3n) is 3.59. The molecule has 2 fully saturated rings. The minimum absolute atomic E-state index is 0.177. The number of nitrogens with two attached hydrogens (primary N) is 1. The molecule has 7 heteroatoms. The maximum Gasteiger partial charge on any atom is 0.321 e. The quantitative estimate of drug-likeness (QED) is 0.581. The van der Waals surface area contributed by atoms with Gasteiger partial charge in [0.25, 0.3) is 0 Å². The lowest BCUT2D eigenvalue weighted by Crippen LogP contribution is -2.57. The number of carbonyl (C=O) groups excluding carboxylic acids is 2. The highest BCUT2D eigenvalue weighted by molar-refractivity contribution is 5.95. The van der Waals surface area contributed by atoms with E-state index in [9.17, 15) is 9.59 Å². The van der Waals surface area contributed by atoms with Gasteiger partial charge in [0.15, 0.2) is 0 Å². The van der Waals surface area contributed by atoms with Crippen LogP contribution in [0, 0.1) is 0 Å². The first-order valence-corrected chi connectivity index (χ1v) is 6.81. The number of rotatable bonds is 4. The van der Waals surface area contributed by atoms with E-state index in [0.717, 1.165) is 32.5 Å². The molecular weight excluding hydrogens is 246 g/mol. The number of urea groups is 1. The number of hydrogen-bond acceptors (Lipinski definition) is 5. The second kappa shape index (κ2) is 6.31. The molecule has 19 heavy (non-hydrogen) atoms. The summed E-state index contributed by atoms with van der Waals surface area (Å²) in [6.45, 7) is 3.33. The number of amides is 3. The summed E-state index contributed by atoms with van der Waals surface area (Å²) in [5, 5.41) is 5.10. The van der Waals surface area contributed by atoms with Crippen molar-refractivity contribution in [3.05, 3.63) is 0 Å². The van der Waals surface area contributed by atoms with Gasteiger partial charge in [-0.3, -0.25) is 15.0 Å². The predicted octanol–water partition coefficient (Wildman–Crippen LogP) is -1.45. The monoisotopic (exact) mass is 269 g/mol. The molecular formula is C12H23N5O2. The van der Waals surface area contributed by atoms with Gasteiger partial charge in [-0.1, -0.05) is 0 Å². The van der Waals surface area contributed by atoms with Crippen molar-refractivity contribution < 1.29 is 9.59 Å². The second-order valence-electron chi connectivity index (χ2n) is 5.42. The van der Waals surface area contributed by atoms with Crippen molar-refractivity contribution >= 4 is 11.9 Å². The van der Waals surface area contributed by atoms with Gasteiger partial charge in [0.1, 0.15) is 0 Å². The van der Waals surface area contributed by atoms with Gasteiger partial charge in [0, 0.05) is 38.3 Å². The molecule has 2 rings (SSSR count). The Morgan fingerprint density at radius 2 is 2.05 bits per heavy atom. The molecule has 1 saturated heterocycles. The average Bonchev–Trinajstić information content (AvgIpc) is 3.14. The molecule has 108 valence electrons. The number of piperazine rings is 1. The third-order valence-corrected chi connectivity index (χ3v) is 3.59. The summed E-state index contributed by atoms with van der Waals surface area (Å²) in [7, 11) is 2.04. The van der Waals surface area contributed by atoms with E-state index >= 15 is 0 Å². The van der Waals surface area contributed by atoms with Crippen LogP contribution in [0.2, 0.25) is 0 Å². The molecule has 1 aliphatic carbocycles. The Morgan fingerprint density at radius 3 is 2.68 bits per heavy atom. The molecule has 0 aromatic heterocycles. The van der Waals surface area contributed by atoms with Gasteiger partial charge in [0.05, 0.1) is 6.54 Å². The summed E-state index contributed by atoms with van der Waals surface area (Å²) in [5.74, 6) is -0.263. The minimum atomic E-state index is -0.383.